The normalized spacial score (nSPS) is 10.1. The van der Waals surface area contributed by atoms with Crippen LogP contribution < -0.4 is 9.47 Å². The fourth-order valence-corrected chi connectivity index (χ4v) is 2.92. The molecule has 0 aliphatic rings. The van der Waals surface area contributed by atoms with Gasteiger partial charge in [-0.2, -0.15) is 5.26 Å². The smallest absolute Gasteiger partial charge is 0.338 e. The average molecular weight is 394 g/mol. The number of aryl methyl sites for hydroxylation is 1. The molecular weight excluding hydrogens is 376 g/mol. The molecular formula is C21H18N2O4S. The zero-order chi connectivity index (χ0) is 19.8. The first kappa shape index (κ1) is 19.4. The average Bonchev–Trinajstić information content (AvgIpc) is 3.15. The van der Waals surface area contributed by atoms with Crippen LogP contribution in [0, 0.1) is 18.3 Å². The van der Waals surface area contributed by atoms with Crippen LogP contribution in [0.2, 0.25) is 0 Å². The minimum atomic E-state index is -0.426. The number of carbonyl (C=O) groups excluding carboxylic acids is 1. The fraction of sp³-hybridized carbons (Fsp3) is 0.190. The van der Waals surface area contributed by atoms with Gasteiger partial charge in [0.15, 0.2) is 0 Å². The van der Waals surface area contributed by atoms with E-state index in [2.05, 4.69) is 4.98 Å². The third-order valence-corrected chi connectivity index (χ3v) is 4.53. The Balaban J connectivity index is 1.40. The first-order valence-electron chi connectivity index (χ1n) is 8.58. The van der Waals surface area contributed by atoms with Crippen LogP contribution in [0.25, 0.3) is 0 Å². The fourth-order valence-electron chi connectivity index (χ4n) is 2.32. The summed E-state index contributed by atoms with van der Waals surface area (Å²) in [6.07, 6.45) is 0. The van der Waals surface area contributed by atoms with Gasteiger partial charge < -0.3 is 14.2 Å². The molecule has 1 heterocycles. The number of rotatable bonds is 8. The van der Waals surface area contributed by atoms with Gasteiger partial charge in [0.05, 0.1) is 27.9 Å². The lowest BCUT2D eigenvalue weighted by molar-refractivity contribution is 0.0450. The van der Waals surface area contributed by atoms with Crippen LogP contribution in [0.15, 0.2) is 53.9 Å². The van der Waals surface area contributed by atoms with E-state index in [1.165, 1.54) is 0 Å². The Morgan fingerprint density at radius 2 is 1.71 bits per heavy atom. The minimum absolute atomic E-state index is 0.125. The molecule has 0 bridgehead atoms. The number of benzene rings is 2. The Morgan fingerprint density at radius 3 is 2.36 bits per heavy atom. The van der Waals surface area contributed by atoms with E-state index in [1.54, 1.807) is 59.9 Å². The van der Waals surface area contributed by atoms with Crippen molar-refractivity contribution in [3.8, 4) is 17.6 Å². The summed E-state index contributed by atoms with van der Waals surface area (Å²) >= 11 is 1.58. The van der Waals surface area contributed by atoms with Crippen LogP contribution in [0.3, 0.4) is 0 Å². The Morgan fingerprint density at radius 1 is 1.04 bits per heavy atom. The molecule has 2 aromatic carbocycles. The Hall–Kier alpha value is -3.37. The Kier molecular flexibility index (Phi) is 6.60. The first-order chi connectivity index (χ1) is 13.6. The number of thiazole rings is 1. The molecule has 0 spiro atoms. The summed E-state index contributed by atoms with van der Waals surface area (Å²) in [7, 11) is 0. The lowest BCUT2D eigenvalue weighted by atomic mass is 10.2. The number of hydrogen-bond acceptors (Lipinski definition) is 7. The van der Waals surface area contributed by atoms with E-state index >= 15 is 0 Å². The number of aromatic nitrogens is 1. The molecule has 0 saturated heterocycles. The van der Waals surface area contributed by atoms with Crippen LogP contribution in [0.1, 0.15) is 26.6 Å². The van der Waals surface area contributed by atoms with Crippen molar-refractivity contribution in [2.45, 2.75) is 13.5 Å². The van der Waals surface area contributed by atoms with E-state index < -0.39 is 5.97 Å². The van der Waals surface area contributed by atoms with E-state index in [-0.39, 0.29) is 13.2 Å². The van der Waals surface area contributed by atoms with E-state index in [0.29, 0.717) is 29.2 Å². The first-order valence-corrected chi connectivity index (χ1v) is 9.46. The van der Waals surface area contributed by atoms with Gasteiger partial charge >= 0.3 is 5.97 Å². The number of hydrogen-bond donors (Lipinski definition) is 0. The molecule has 0 aliphatic heterocycles. The van der Waals surface area contributed by atoms with Gasteiger partial charge in [0, 0.05) is 5.38 Å². The highest BCUT2D eigenvalue weighted by molar-refractivity contribution is 7.09. The third-order valence-electron chi connectivity index (χ3n) is 3.71. The van der Waals surface area contributed by atoms with E-state index in [4.69, 9.17) is 19.5 Å². The molecule has 0 saturated carbocycles. The highest BCUT2D eigenvalue weighted by atomic mass is 32.1. The maximum atomic E-state index is 12.1. The molecule has 0 aliphatic carbocycles. The third kappa shape index (κ3) is 5.56. The maximum Gasteiger partial charge on any atom is 0.338 e. The number of ether oxygens (including phenoxy) is 3. The lowest BCUT2D eigenvalue weighted by Gasteiger charge is -2.08. The molecule has 7 heteroatoms. The molecule has 0 N–H and O–H groups in total. The molecule has 0 amide bonds. The van der Waals surface area contributed by atoms with Crippen LogP contribution in [-0.4, -0.2) is 24.2 Å². The predicted molar refractivity (Wildman–Crippen MR) is 105 cm³/mol. The van der Waals surface area contributed by atoms with Crippen molar-refractivity contribution in [1.29, 1.82) is 5.26 Å². The molecule has 0 atom stereocenters. The van der Waals surface area contributed by atoms with Crippen molar-refractivity contribution in [2.75, 3.05) is 13.2 Å². The molecule has 6 nitrogen and oxygen atoms in total. The van der Waals surface area contributed by atoms with Gasteiger partial charge in [-0.3, -0.25) is 0 Å². The summed E-state index contributed by atoms with van der Waals surface area (Å²) in [5.41, 5.74) is 1.89. The van der Waals surface area contributed by atoms with Gasteiger partial charge in [-0.15, -0.1) is 11.3 Å². The standard InChI is InChI=1S/C21H18N2O4S/c1-15-23-18(14-28-15)13-27-20-8-4-17(5-9-20)21(24)26-11-10-25-19-6-2-16(12-22)3-7-19/h2-9,14H,10-11,13H2,1H3. The molecule has 142 valence electrons. The second kappa shape index (κ2) is 9.53. The summed E-state index contributed by atoms with van der Waals surface area (Å²) in [5, 5.41) is 11.7. The maximum absolute atomic E-state index is 12.1. The number of esters is 1. The lowest BCUT2D eigenvalue weighted by Crippen LogP contribution is -2.12. The van der Waals surface area contributed by atoms with E-state index in [0.717, 1.165) is 10.7 Å². The quantitative estimate of drug-likeness (QED) is 0.422. The second-order valence-corrected chi connectivity index (χ2v) is 6.85. The van der Waals surface area contributed by atoms with Crippen LogP contribution in [0.5, 0.6) is 11.5 Å². The molecule has 0 fully saturated rings. The van der Waals surface area contributed by atoms with Crippen molar-refractivity contribution in [2.24, 2.45) is 0 Å². The topological polar surface area (TPSA) is 81.4 Å². The van der Waals surface area contributed by atoms with Gasteiger partial charge in [-0.25, -0.2) is 9.78 Å². The van der Waals surface area contributed by atoms with E-state index in [9.17, 15) is 4.79 Å². The summed E-state index contributed by atoms with van der Waals surface area (Å²) < 4.78 is 16.3. The van der Waals surface area contributed by atoms with Crippen molar-refractivity contribution < 1.29 is 19.0 Å². The summed E-state index contributed by atoms with van der Waals surface area (Å²) in [4.78, 5) is 16.4. The van der Waals surface area contributed by atoms with Crippen molar-refractivity contribution in [3.05, 3.63) is 75.7 Å². The zero-order valence-electron chi connectivity index (χ0n) is 15.3. The number of nitriles is 1. The van der Waals surface area contributed by atoms with Gasteiger partial charge in [-0.1, -0.05) is 0 Å². The molecule has 28 heavy (non-hydrogen) atoms. The highest BCUT2D eigenvalue weighted by Gasteiger charge is 2.08. The predicted octanol–water partition coefficient (Wildman–Crippen LogP) is 4.14. The van der Waals surface area contributed by atoms with Crippen LogP contribution in [0.4, 0.5) is 0 Å². The Labute approximate surface area is 166 Å². The van der Waals surface area contributed by atoms with Gasteiger partial charge in [-0.05, 0) is 55.5 Å². The van der Waals surface area contributed by atoms with Gasteiger partial charge in [0.2, 0.25) is 0 Å². The van der Waals surface area contributed by atoms with E-state index in [1.807, 2.05) is 18.4 Å². The van der Waals surface area contributed by atoms with Crippen LogP contribution >= 0.6 is 11.3 Å². The monoisotopic (exact) mass is 394 g/mol. The molecule has 0 radical (unpaired) electrons. The van der Waals surface area contributed by atoms with Crippen LogP contribution in [-0.2, 0) is 11.3 Å². The molecule has 3 aromatic rings. The van der Waals surface area contributed by atoms with Gasteiger partial charge in [0.25, 0.3) is 0 Å². The molecule has 1 aromatic heterocycles. The summed E-state index contributed by atoms with van der Waals surface area (Å²) in [6, 6.07) is 15.5. The van der Waals surface area contributed by atoms with Crippen molar-refractivity contribution in [3.63, 3.8) is 0 Å². The van der Waals surface area contributed by atoms with Crippen molar-refractivity contribution >= 4 is 17.3 Å². The SMILES string of the molecule is Cc1nc(COc2ccc(C(=O)OCCOc3ccc(C#N)cc3)cc2)cs1. The molecule has 0 unspecified atom stereocenters. The highest BCUT2D eigenvalue weighted by Crippen LogP contribution is 2.16. The molecule has 3 rings (SSSR count). The zero-order valence-corrected chi connectivity index (χ0v) is 16.1. The largest absolute Gasteiger partial charge is 0.490 e. The second-order valence-electron chi connectivity index (χ2n) is 5.79. The summed E-state index contributed by atoms with van der Waals surface area (Å²) in [6.45, 7) is 2.69. The Bertz CT molecular complexity index is 959. The number of carbonyl (C=O) groups is 1. The number of nitrogens with zero attached hydrogens (tertiary/aromatic N) is 2. The van der Waals surface area contributed by atoms with Gasteiger partial charge in [0.1, 0.15) is 31.3 Å². The minimum Gasteiger partial charge on any atom is -0.490 e. The van der Waals surface area contributed by atoms with Crippen molar-refractivity contribution in [1.82, 2.24) is 4.98 Å². The summed E-state index contributed by atoms with van der Waals surface area (Å²) in [5.74, 6) is 0.850.